The van der Waals surface area contributed by atoms with E-state index in [1.54, 1.807) is 17.9 Å². The minimum absolute atomic E-state index is 0.00412. The van der Waals surface area contributed by atoms with E-state index in [-0.39, 0.29) is 18.8 Å². The second-order valence-electron chi connectivity index (χ2n) is 6.20. The van der Waals surface area contributed by atoms with Crippen LogP contribution < -0.4 is 4.90 Å². The fraction of sp³-hybridized carbons (Fsp3) is 0.353. The highest BCUT2D eigenvalue weighted by molar-refractivity contribution is 7.92. The SMILES string of the molecule is Cc1cc(N2CC[C@H](S(=O)(=O)c3ccccc3C(F)(F)F)C2)nc(C#N)n1. The predicted molar refractivity (Wildman–Crippen MR) is 90.7 cm³/mol. The summed E-state index contributed by atoms with van der Waals surface area (Å²) in [6, 6.07) is 7.64. The quantitative estimate of drug-likeness (QED) is 0.793. The number of nitrogens with zero attached hydrogens (tertiary/aromatic N) is 4. The highest BCUT2D eigenvalue weighted by atomic mass is 32.2. The molecule has 1 saturated heterocycles. The van der Waals surface area contributed by atoms with Crippen molar-refractivity contribution in [2.75, 3.05) is 18.0 Å². The Balaban J connectivity index is 1.92. The number of rotatable bonds is 3. The Labute approximate surface area is 154 Å². The molecule has 0 spiro atoms. The largest absolute Gasteiger partial charge is 0.417 e. The van der Waals surface area contributed by atoms with Gasteiger partial charge < -0.3 is 4.90 Å². The molecule has 2 heterocycles. The molecule has 27 heavy (non-hydrogen) atoms. The van der Waals surface area contributed by atoms with Crippen molar-refractivity contribution in [1.82, 2.24) is 9.97 Å². The number of anilines is 1. The minimum atomic E-state index is -4.76. The maximum absolute atomic E-state index is 13.2. The number of aryl methyl sites for hydroxylation is 1. The van der Waals surface area contributed by atoms with Crippen LogP contribution in [0.15, 0.2) is 35.2 Å². The fourth-order valence-electron chi connectivity index (χ4n) is 3.08. The van der Waals surface area contributed by atoms with E-state index in [1.807, 2.05) is 6.07 Å². The summed E-state index contributed by atoms with van der Waals surface area (Å²) in [7, 11) is -4.19. The van der Waals surface area contributed by atoms with Gasteiger partial charge in [-0.15, -0.1) is 0 Å². The lowest BCUT2D eigenvalue weighted by Crippen LogP contribution is -2.29. The first kappa shape index (κ1) is 19.1. The molecule has 1 aromatic heterocycles. The number of benzene rings is 1. The maximum Gasteiger partial charge on any atom is 0.417 e. The van der Waals surface area contributed by atoms with Gasteiger partial charge in [0, 0.05) is 24.8 Å². The molecule has 0 radical (unpaired) electrons. The van der Waals surface area contributed by atoms with Gasteiger partial charge in [0.15, 0.2) is 9.84 Å². The molecular formula is C17H15F3N4O2S. The zero-order chi connectivity index (χ0) is 19.8. The van der Waals surface area contributed by atoms with Crippen LogP contribution in [0.25, 0.3) is 0 Å². The molecule has 0 aliphatic carbocycles. The van der Waals surface area contributed by atoms with Crippen molar-refractivity contribution in [2.24, 2.45) is 0 Å². The summed E-state index contributed by atoms with van der Waals surface area (Å²) in [5.74, 6) is 0.347. The molecule has 0 bridgehead atoms. The van der Waals surface area contributed by atoms with E-state index in [9.17, 15) is 21.6 Å². The van der Waals surface area contributed by atoms with Crippen molar-refractivity contribution >= 4 is 15.7 Å². The number of nitriles is 1. The fourth-order valence-corrected chi connectivity index (χ4v) is 4.99. The van der Waals surface area contributed by atoms with Crippen LogP contribution in [0.3, 0.4) is 0 Å². The second kappa shape index (κ2) is 6.81. The molecule has 1 atom stereocenters. The van der Waals surface area contributed by atoms with Gasteiger partial charge in [-0.1, -0.05) is 12.1 Å². The summed E-state index contributed by atoms with van der Waals surface area (Å²) < 4.78 is 65.4. The molecule has 6 nitrogen and oxygen atoms in total. The molecule has 0 N–H and O–H groups in total. The van der Waals surface area contributed by atoms with Gasteiger partial charge in [-0.2, -0.15) is 18.4 Å². The highest BCUT2D eigenvalue weighted by Gasteiger charge is 2.41. The van der Waals surface area contributed by atoms with Gasteiger partial charge in [0.1, 0.15) is 11.9 Å². The zero-order valence-corrected chi connectivity index (χ0v) is 15.0. The van der Waals surface area contributed by atoms with Crippen LogP contribution in [0.1, 0.15) is 23.5 Å². The number of aromatic nitrogens is 2. The van der Waals surface area contributed by atoms with E-state index >= 15 is 0 Å². The summed E-state index contributed by atoms with van der Waals surface area (Å²) in [6.07, 6.45) is -4.59. The van der Waals surface area contributed by atoms with E-state index in [0.29, 0.717) is 18.1 Å². The minimum Gasteiger partial charge on any atom is -0.355 e. The van der Waals surface area contributed by atoms with Crippen molar-refractivity contribution in [1.29, 1.82) is 5.26 Å². The van der Waals surface area contributed by atoms with Gasteiger partial charge >= 0.3 is 6.18 Å². The topological polar surface area (TPSA) is 87.0 Å². The Hall–Kier alpha value is -2.67. The Kier molecular flexibility index (Phi) is 4.82. The van der Waals surface area contributed by atoms with Crippen LogP contribution in [0, 0.1) is 18.3 Å². The van der Waals surface area contributed by atoms with Crippen molar-refractivity contribution in [3.05, 3.63) is 47.4 Å². The number of halogens is 3. The molecular weight excluding hydrogens is 381 g/mol. The van der Waals surface area contributed by atoms with E-state index in [4.69, 9.17) is 5.26 Å². The normalized spacial score (nSPS) is 17.7. The van der Waals surface area contributed by atoms with E-state index in [2.05, 4.69) is 9.97 Å². The standard InChI is InChI=1S/C17H15F3N4O2S/c1-11-8-16(23-15(9-21)22-11)24-7-6-12(10-24)27(25,26)14-5-3-2-4-13(14)17(18,19)20/h2-5,8,12H,6-7,10H2,1H3/t12-/m0/s1. The average Bonchev–Trinajstić information content (AvgIpc) is 3.11. The molecule has 1 fully saturated rings. The number of sulfone groups is 1. The molecule has 0 unspecified atom stereocenters. The number of hydrogen-bond donors (Lipinski definition) is 0. The van der Waals surface area contributed by atoms with E-state index in [1.165, 1.54) is 6.07 Å². The van der Waals surface area contributed by atoms with Crippen LogP contribution in [0.5, 0.6) is 0 Å². The first-order chi connectivity index (χ1) is 12.6. The smallest absolute Gasteiger partial charge is 0.355 e. The lowest BCUT2D eigenvalue weighted by Gasteiger charge is -2.19. The van der Waals surface area contributed by atoms with Crippen molar-refractivity contribution in [2.45, 2.75) is 29.7 Å². The number of alkyl halides is 3. The first-order valence-electron chi connectivity index (χ1n) is 8.04. The molecule has 10 heteroatoms. The van der Waals surface area contributed by atoms with Gasteiger partial charge in [0.25, 0.3) is 0 Å². The highest BCUT2D eigenvalue weighted by Crippen LogP contribution is 2.37. The molecule has 142 valence electrons. The third-order valence-corrected chi connectivity index (χ3v) is 6.58. The summed E-state index contributed by atoms with van der Waals surface area (Å²) in [4.78, 5) is 8.93. The van der Waals surface area contributed by atoms with Crippen LogP contribution >= 0.6 is 0 Å². The summed E-state index contributed by atoms with van der Waals surface area (Å²) in [5, 5.41) is 7.97. The Morgan fingerprint density at radius 3 is 2.63 bits per heavy atom. The summed E-state index contributed by atoms with van der Waals surface area (Å²) in [6.45, 7) is 1.98. The predicted octanol–water partition coefficient (Wildman–Crippen LogP) is 2.73. The van der Waals surface area contributed by atoms with Gasteiger partial charge in [0.05, 0.1) is 15.7 Å². The maximum atomic E-state index is 13.2. The zero-order valence-electron chi connectivity index (χ0n) is 14.2. The molecule has 3 rings (SSSR count). The third kappa shape index (κ3) is 3.73. The second-order valence-corrected chi connectivity index (χ2v) is 8.40. The van der Waals surface area contributed by atoms with Crippen molar-refractivity contribution in [3.63, 3.8) is 0 Å². The Bertz CT molecular complexity index is 1020. The lowest BCUT2D eigenvalue weighted by atomic mass is 10.2. The molecule has 1 aliphatic heterocycles. The molecule has 1 aliphatic rings. The van der Waals surface area contributed by atoms with Crippen LogP contribution in [-0.2, 0) is 16.0 Å². The number of hydrogen-bond acceptors (Lipinski definition) is 6. The summed E-state index contributed by atoms with van der Waals surface area (Å²) >= 11 is 0. The van der Waals surface area contributed by atoms with Gasteiger partial charge in [0.2, 0.25) is 5.82 Å². The van der Waals surface area contributed by atoms with Crippen LogP contribution in [0.4, 0.5) is 19.0 Å². The lowest BCUT2D eigenvalue weighted by molar-refractivity contribution is -0.139. The van der Waals surface area contributed by atoms with Gasteiger partial charge in [-0.05, 0) is 25.5 Å². The van der Waals surface area contributed by atoms with Crippen molar-refractivity contribution in [3.8, 4) is 6.07 Å². The van der Waals surface area contributed by atoms with Gasteiger partial charge in [-0.3, -0.25) is 0 Å². The van der Waals surface area contributed by atoms with Crippen LogP contribution in [-0.4, -0.2) is 36.7 Å². The van der Waals surface area contributed by atoms with E-state index in [0.717, 1.165) is 18.2 Å². The molecule has 1 aromatic carbocycles. The van der Waals surface area contributed by atoms with Crippen molar-refractivity contribution < 1.29 is 21.6 Å². The monoisotopic (exact) mass is 396 g/mol. The Morgan fingerprint density at radius 2 is 1.96 bits per heavy atom. The molecule has 2 aromatic rings. The molecule has 0 amide bonds. The van der Waals surface area contributed by atoms with Gasteiger partial charge in [-0.25, -0.2) is 18.4 Å². The summed E-state index contributed by atoms with van der Waals surface area (Å²) in [5.41, 5.74) is -0.613. The average molecular weight is 396 g/mol. The molecule has 0 saturated carbocycles. The van der Waals surface area contributed by atoms with Crippen LogP contribution in [0.2, 0.25) is 0 Å². The Morgan fingerprint density at radius 1 is 1.26 bits per heavy atom. The third-order valence-electron chi connectivity index (χ3n) is 4.35. The van der Waals surface area contributed by atoms with E-state index < -0.39 is 31.7 Å². The first-order valence-corrected chi connectivity index (χ1v) is 9.58.